The molecule has 9 heteroatoms. The number of thiophene rings is 1. The first-order valence-corrected chi connectivity index (χ1v) is 12.3. The first-order chi connectivity index (χ1) is 16.1. The summed E-state index contributed by atoms with van der Waals surface area (Å²) < 4.78 is 5.45. The molecule has 7 nitrogen and oxygen atoms in total. The lowest BCUT2D eigenvalue weighted by atomic mass is 9.78. The topological polar surface area (TPSA) is 95.5 Å². The van der Waals surface area contributed by atoms with Gasteiger partial charge >= 0.3 is 0 Å². The second kappa shape index (κ2) is 9.27. The van der Waals surface area contributed by atoms with E-state index in [1.807, 2.05) is 6.07 Å². The number of hydrogen-bond acceptors (Lipinski definition) is 8. The number of nitrogens with two attached hydrogens (primary N) is 1. The number of nitriles is 1. The van der Waals surface area contributed by atoms with E-state index >= 15 is 0 Å². The molecule has 1 atom stereocenters. The van der Waals surface area contributed by atoms with Crippen LogP contribution in [0.4, 0.5) is 5.69 Å². The standard InChI is InChI=1S/C24H24ClN5O2S/c25-23-18(4-2-6-28-23)30-17-3-1-5-19(31)22(17)21(16(12-26)24(30)27)20-11-15(14-33-20)13-29-7-9-32-10-8-29/h2,4,6,11,14,21H,1,3,5,7-10,13,27H2/t21-/m0/s1. The monoisotopic (exact) mass is 481 g/mol. The molecule has 5 rings (SSSR count). The molecule has 0 saturated carbocycles. The Labute approximate surface area is 201 Å². The van der Waals surface area contributed by atoms with E-state index in [2.05, 4.69) is 27.4 Å². The van der Waals surface area contributed by atoms with E-state index in [9.17, 15) is 10.1 Å². The van der Waals surface area contributed by atoms with Gasteiger partial charge in [-0.25, -0.2) is 4.98 Å². The average Bonchev–Trinajstić information content (AvgIpc) is 3.28. The minimum absolute atomic E-state index is 0.0645. The number of carbonyl (C=O) groups excluding carboxylic acids is 1. The summed E-state index contributed by atoms with van der Waals surface area (Å²) in [6.45, 7) is 4.12. The van der Waals surface area contributed by atoms with Crippen LogP contribution in [0, 0.1) is 11.3 Å². The molecule has 2 aliphatic heterocycles. The van der Waals surface area contributed by atoms with Gasteiger partial charge in [-0.2, -0.15) is 5.26 Å². The van der Waals surface area contributed by atoms with Crippen molar-refractivity contribution in [2.24, 2.45) is 5.73 Å². The number of nitrogens with zero attached hydrogens (tertiary/aromatic N) is 4. The quantitative estimate of drug-likeness (QED) is 0.661. The normalized spacial score (nSPS) is 21.9. The Morgan fingerprint density at radius 2 is 2.15 bits per heavy atom. The molecule has 0 unspecified atom stereocenters. The number of carbonyl (C=O) groups is 1. The lowest BCUT2D eigenvalue weighted by Gasteiger charge is -2.39. The van der Waals surface area contributed by atoms with Crippen LogP contribution in [-0.4, -0.2) is 42.0 Å². The molecule has 0 amide bonds. The Morgan fingerprint density at radius 1 is 1.33 bits per heavy atom. The van der Waals surface area contributed by atoms with Crippen molar-refractivity contribution in [3.63, 3.8) is 0 Å². The van der Waals surface area contributed by atoms with Gasteiger partial charge in [0, 0.05) is 48.4 Å². The number of rotatable bonds is 4. The van der Waals surface area contributed by atoms with Crippen LogP contribution in [0.3, 0.4) is 0 Å². The molecule has 0 aromatic carbocycles. The molecule has 2 aromatic heterocycles. The summed E-state index contributed by atoms with van der Waals surface area (Å²) in [7, 11) is 0. The highest BCUT2D eigenvalue weighted by Crippen LogP contribution is 2.48. The molecular formula is C24H24ClN5O2S. The molecule has 1 fully saturated rings. The Bertz CT molecular complexity index is 1190. The van der Waals surface area contributed by atoms with Gasteiger partial charge in [-0.05, 0) is 42.0 Å². The van der Waals surface area contributed by atoms with Crippen molar-refractivity contribution in [2.75, 3.05) is 31.2 Å². The Morgan fingerprint density at radius 3 is 2.91 bits per heavy atom. The summed E-state index contributed by atoms with van der Waals surface area (Å²) >= 11 is 7.98. The Kier molecular flexibility index (Phi) is 6.21. The molecule has 0 radical (unpaired) electrons. The van der Waals surface area contributed by atoms with E-state index in [1.54, 1.807) is 28.5 Å². The van der Waals surface area contributed by atoms with E-state index < -0.39 is 5.92 Å². The van der Waals surface area contributed by atoms with Crippen LogP contribution in [0.1, 0.15) is 35.6 Å². The second-order valence-corrected chi connectivity index (χ2v) is 9.68. The van der Waals surface area contributed by atoms with Crippen LogP contribution in [0.5, 0.6) is 0 Å². The minimum Gasteiger partial charge on any atom is -0.384 e. The first kappa shape index (κ1) is 22.1. The zero-order chi connectivity index (χ0) is 22.9. The highest BCUT2D eigenvalue weighted by molar-refractivity contribution is 7.10. The van der Waals surface area contributed by atoms with E-state index in [-0.39, 0.29) is 10.9 Å². The zero-order valence-corrected chi connectivity index (χ0v) is 19.7. The molecule has 0 bridgehead atoms. The van der Waals surface area contributed by atoms with Crippen LogP contribution in [0.15, 0.2) is 52.4 Å². The summed E-state index contributed by atoms with van der Waals surface area (Å²) in [4.78, 5) is 22.5. The zero-order valence-electron chi connectivity index (χ0n) is 18.1. The molecular weight excluding hydrogens is 458 g/mol. The molecule has 2 aromatic rings. The molecule has 3 aliphatic rings. The van der Waals surface area contributed by atoms with Gasteiger partial charge in [0.25, 0.3) is 0 Å². The van der Waals surface area contributed by atoms with Crippen molar-refractivity contribution in [3.8, 4) is 6.07 Å². The van der Waals surface area contributed by atoms with E-state index in [4.69, 9.17) is 22.1 Å². The molecule has 0 spiro atoms. The number of ether oxygens (including phenoxy) is 1. The van der Waals surface area contributed by atoms with Crippen LogP contribution in [0.25, 0.3) is 0 Å². The number of ketones is 1. The predicted molar refractivity (Wildman–Crippen MR) is 128 cm³/mol. The fraction of sp³-hybridized carbons (Fsp3) is 0.375. The van der Waals surface area contributed by atoms with Crippen LogP contribution >= 0.6 is 22.9 Å². The van der Waals surface area contributed by atoms with E-state index in [1.165, 1.54) is 5.56 Å². The number of hydrogen-bond donors (Lipinski definition) is 1. The van der Waals surface area contributed by atoms with Gasteiger partial charge in [-0.1, -0.05) is 11.6 Å². The van der Waals surface area contributed by atoms with Crippen molar-refractivity contribution in [1.82, 2.24) is 9.88 Å². The molecule has 33 heavy (non-hydrogen) atoms. The smallest absolute Gasteiger partial charge is 0.161 e. The third kappa shape index (κ3) is 4.06. The SMILES string of the molecule is N#CC1=C(N)N(c2cccnc2Cl)C2=C(C(=O)CCC2)[C@@H]1c1cc(CN2CCOCC2)cs1. The molecule has 4 heterocycles. The fourth-order valence-electron chi connectivity index (χ4n) is 4.84. The highest BCUT2D eigenvalue weighted by atomic mass is 35.5. The number of pyridine rings is 1. The summed E-state index contributed by atoms with van der Waals surface area (Å²) in [6.07, 6.45) is 3.50. The summed E-state index contributed by atoms with van der Waals surface area (Å²) in [5.74, 6) is -0.0726. The first-order valence-electron chi connectivity index (χ1n) is 11.0. The van der Waals surface area contributed by atoms with Gasteiger partial charge in [0.05, 0.1) is 36.5 Å². The van der Waals surface area contributed by atoms with Crippen LogP contribution in [-0.2, 0) is 16.1 Å². The molecule has 2 N–H and O–H groups in total. The summed E-state index contributed by atoms with van der Waals surface area (Å²) in [5, 5.41) is 12.6. The minimum atomic E-state index is -0.451. The number of halogens is 1. The number of allylic oxidation sites excluding steroid dienone is 3. The van der Waals surface area contributed by atoms with Crippen molar-refractivity contribution in [2.45, 2.75) is 31.7 Å². The van der Waals surface area contributed by atoms with E-state index in [0.29, 0.717) is 35.5 Å². The molecule has 1 saturated heterocycles. The molecule has 170 valence electrons. The van der Waals surface area contributed by atoms with Crippen molar-refractivity contribution < 1.29 is 9.53 Å². The van der Waals surface area contributed by atoms with Crippen molar-refractivity contribution in [3.05, 3.63) is 68.0 Å². The van der Waals surface area contributed by atoms with Gasteiger partial charge in [0.2, 0.25) is 0 Å². The number of Topliss-reactive ketones (excluding diaryl/α,β-unsaturated/α-hetero) is 1. The maximum Gasteiger partial charge on any atom is 0.161 e. The summed E-state index contributed by atoms with van der Waals surface area (Å²) in [5.41, 5.74) is 10.2. The van der Waals surface area contributed by atoms with Crippen molar-refractivity contribution >= 4 is 34.4 Å². The number of anilines is 1. The Balaban J connectivity index is 1.58. The maximum absolute atomic E-state index is 13.2. The van der Waals surface area contributed by atoms with Gasteiger partial charge in [0.15, 0.2) is 10.9 Å². The Hall–Kier alpha value is -2.70. The van der Waals surface area contributed by atoms with Crippen LogP contribution in [0.2, 0.25) is 5.15 Å². The van der Waals surface area contributed by atoms with Crippen LogP contribution < -0.4 is 10.6 Å². The average molecular weight is 482 g/mol. The third-order valence-corrected chi connectivity index (χ3v) is 7.70. The highest BCUT2D eigenvalue weighted by Gasteiger charge is 2.41. The third-order valence-electron chi connectivity index (χ3n) is 6.36. The predicted octanol–water partition coefficient (Wildman–Crippen LogP) is 3.93. The maximum atomic E-state index is 13.2. The summed E-state index contributed by atoms with van der Waals surface area (Å²) in [6, 6.07) is 8.01. The number of morpholine rings is 1. The van der Waals surface area contributed by atoms with E-state index in [0.717, 1.165) is 49.8 Å². The number of aromatic nitrogens is 1. The largest absolute Gasteiger partial charge is 0.384 e. The van der Waals surface area contributed by atoms with Crippen molar-refractivity contribution in [1.29, 1.82) is 5.26 Å². The van der Waals surface area contributed by atoms with Gasteiger partial charge in [-0.3, -0.25) is 14.6 Å². The second-order valence-electron chi connectivity index (χ2n) is 8.38. The fourth-order valence-corrected chi connectivity index (χ4v) is 6.06. The molecule has 1 aliphatic carbocycles. The van der Waals surface area contributed by atoms with Gasteiger partial charge < -0.3 is 10.5 Å². The van der Waals surface area contributed by atoms with Gasteiger partial charge in [0.1, 0.15) is 5.82 Å². The lowest BCUT2D eigenvalue weighted by molar-refractivity contribution is -0.116. The lowest BCUT2D eigenvalue weighted by Crippen LogP contribution is -2.38. The van der Waals surface area contributed by atoms with Gasteiger partial charge in [-0.15, -0.1) is 11.3 Å².